The van der Waals surface area contributed by atoms with Crippen LogP contribution in [0.25, 0.3) is 0 Å². The number of ether oxygens (including phenoxy) is 1. The van der Waals surface area contributed by atoms with Gasteiger partial charge in [0, 0.05) is 31.7 Å². The number of carbonyl (C=O) groups is 2. The van der Waals surface area contributed by atoms with Crippen molar-refractivity contribution in [1.29, 1.82) is 5.26 Å². The maximum Gasteiger partial charge on any atom is 0.410 e. The molecule has 0 unspecified atom stereocenters. The van der Waals surface area contributed by atoms with Gasteiger partial charge >= 0.3 is 6.09 Å². The fourth-order valence-electron chi connectivity index (χ4n) is 2.81. The maximum atomic E-state index is 12.5. The van der Waals surface area contributed by atoms with Crippen LogP contribution < -0.4 is 0 Å². The number of hydrogen-bond acceptors (Lipinski definition) is 4. The Balaban J connectivity index is 1.51. The van der Waals surface area contributed by atoms with Crippen LogP contribution in [0.4, 0.5) is 4.79 Å². The van der Waals surface area contributed by atoms with Gasteiger partial charge in [0.25, 0.3) is 5.91 Å². The van der Waals surface area contributed by atoms with Crippen molar-refractivity contribution in [2.45, 2.75) is 6.61 Å². The predicted octanol–water partition coefficient (Wildman–Crippen LogP) is 2.65. The third kappa shape index (κ3) is 4.19. The summed E-state index contributed by atoms with van der Waals surface area (Å²) in [5.41, 5.74) is 1.88. The minimum Gasteiger partial charge on any atom is -0.445 e. The molecule has 1 aliphatic heterocycles. The van der Waals surface area contributed by atoms with Gasteiger partial charge in [-0.2, -0.15) is 5.26 Å². The van der Waals surface area contributed by atoms with Crippen molar-refractivity contribution in [3.8, 4) is 6.07 Å². The molecule has 2 amide bonds. The minimum atomic E-state index is -0.368. The largest absolute Gasteiger partial charge is 0.445 e. The van der Waals surface area contributed by atoms with Crippen LogP contribution in [0.2, 0.25) is 0 Å². The van der Waals surface area contributed by atoms with Gasteiger partial charge in [0.05, 0.1) is 11.6 Å². The lowest BCUT2D eigenvalue weighted by Gasteiger charge is -2.34. The fourth-order valence-corrected chi connectivity index (χ4v) is 2.81. The number of carbonyl (C=O) groups excluding carboxylic acids is 2. The molecule has 2 aromatic carbocycles. The third-order valence-corrected chi connectivity index (χ3v) is 4.27. The van der Waals surface area contributed by atoms with E-state index in [-0.39, 0.29) is 18.6 Å². The smallest absolute Gasteiger partial charge is 0.410 e. The molecule has 132 valence electrons. The van der Waals surface area contributed by atoms with Crippen molar-refractivity contribution in [1.82, 2.24) is 9.80 Å². The Hall–Kier alpha value is -3.33. The Morgan fingerprint density at radius 2 is 1.65 bits per heavy atom. The number of hydrogen-bond donors (Lipinski definition) is 0. The molecular formula is C20H19N3O3. The normalized spacial score (nSPS) is 13.8. The van der Waals surface area contributed by atoms with Crippen molar-refractivity contribution in [2.75, 3.05) is 26.2 Å². The van der Waals surface area contributed by atoms with Gasteiger partial charge in [0.15, 0.2) is 0 Å². The van der Waals surface area contributed by atoms with Crippen LogP contribution in [0.1, 0.15) is 21.5 Å². The molecule has 0 saturated carbocycles. The highest BCUT2D eigenvalue weighted by atomic mass is 16.6. The standard InChI is InChI=1S/C20H19N3O3/c21-14-17-7-4-8-18(13-17)19(24)22-9-11-23(12-10-22)20(25)26-15-16-5-2-1-3-6-16/h1-8,13H,9-12,15H2. The third-order valence-electron chi connectivity index (χ3n) is 4.27. The average molecular weight is 349 g/mol. The topological polar surface area (TPSA) is 73.6 Å². The Kier molecular flexibility index (Phi) is 5.49. The molecule has 1 fully saturated rings. The summed E-state index contributed by atoms with van der Waals surface area (Å²) < 4.78 is 5.33. The highest BCUT2D eigenvalue weighted by Gasteiger charge is 2.25. The van der Waals surface area contributed by atoms with Crippen molar-refractivity contribution in [3.63, 3.8) is 0 Å². The molecule has 1 saturated heterocycles. The second-order valence-corrected chi connectivity index (χ2v) is 6.01. The summed E-state index contributed by atoms with van der Waals surface area (Å²) in [6, 6.07) is 18.2. The number of amides is 2. The minimum absolute atomic E-state index is 0.126. The van der Waals surface area contributed by atoms with Crippen molar-refractivity contribution in [3.05, 3.63) is 71.3 Å². The monoisotopic (exact) mass is 349 g/mol. The number of piperazine rings is 1. The molecule has 0 N–H and O–H groups in total. The molecule has 0 aliphatic carbocycles. The molecule has 1 aliphatic rings. The Morgan fingerprint density at radius 3 is 2.35 bits per heavy atom. The van der Waals surface area contributed by atoms with Crippen molar-refractivity contribution < 1.29 is 14.3 Å². The van der Waals surface area contributed by atoms with E-state index >= 15 is 0 Å². The second kappa shape index (κ2) is 8.17. The summed E-state index contributed by atoms with van der Waals surface area (Å²) >= 11 is 0. The molecule has 3 rings (SSSR count). The molecule has 6 heteroatoms. The zero-order valence-corrected chi connectivity index (χ0v) is 14.3. The number of rotatable bonds is 3. The molecule has 0 atom stereocenters. The van der Waals surface area contributed by atoms with Gasteiger partial charge in [-0.15, -0.1) is 0 Å². The lowest BCUT2D eigenvalue weighted by molar-refractivity contribution is 0.0544. The Morgan fingerprint density at radius 1 is 0.962 bits per heavy atom. The molecule has 0 bridgehead atoms. The number of benzene rings is 2. The van der Waals surface area contributed by atoms with Gasteiger partial charge in [-0.05, 0) is 23.8 Å². The first kappa shape index (κ1) is 17.5. The lowest BCUT2D eigenvalue weighted by Crippen LogP contribution is -2.50. The van der Waals surface area contributed by atoms with E-state index in [2.05, 4.69) is 0 Å². The van der Waals surface area contributed by atoms with E-state index in [0.717, 1.165) is 5.56 Å². The highest BCUT2D eigenvalue weighted by Crippen LogP contribution is 2.12. The van der Waals surface area contributed by atoms with Gasteiger partial charge in [0.2, 0.25) is 0 Å². The van der Waals surface area contributed by atoms with Gasteiger partial charge in [0.1, 0.15) is 6.61 Å². The quantitative estimate of drug-likeness (QED) is 0.854. The molecule has 0 radical (unpaired) electrons. The zero-order chi connectivity index (χ0) is 18.4. The maximum absolute atomic E-state index is 12.5. The second-order valence-electron chi connectivity index (χ2n) is 6.01. The molecule has 1 heterocycles. The zero-order valence-electron chi connectivity index (χ0n) is 14.3. The van der Waals surface area contributed by atoms with E-state index < -0.39 is 0 Å². The van der Waals surface area contributed by atoms with Crippen molar-refractivity contribution in [2.24, 2.45) is 0 Å². The first-order valence-corrected chi connectivity index (χ1v) is 8.42. The average Bonchev–Trinajstić information content (AvgIpc) is 2.72. The van der Waals surface area contributed by atoms with E-state index in [1.807, 2.05) is 36.4 Å². The van der Waals surface area contributed by atoms with Gasteiger partial charge in [-0.3, -0.25) is 4.79 Å². The Labute approximate surface area is 152 Å². The van der Waals surface area contributed by atoms with Crippen LogP contribution in [0.5, 0.6) is 0 Å². The summed E-state index contributed by atoms with van der Waals surface area (Å²) in [5, 5.41) is 8.95. The molecule has 26 heavy (non-hydrogen) atoms. The van der Waals surface area contributed by atoms with Crippen LogP contribution >= 0.6 is 0 Å². The van der Waals surface area contributed by atoms with E-state index in [0.29, 0.717) is 37.3 Å². The lowest BCUT2D eigenvalue weighted by atomic mass is 10.1. The summed E-state index contributed by atoms with van der Waals surface area (Å²) in [6.07, 6.45) is -0.368. The SMILES string of the molecule is N#Cc1cccc(C(=O)N2CCN(C(=O)OCc3ccccc3)CC2)c1. The summed E-state index contributed by atoms with van der Waals surface area (Å²) in [5.74, 6) is -0.126. The number of nitriles is 1. The van der Waals surface area contributed by atoms with Crippen LogP contribution in [0.3, 0.4) is 0 Å². The van der Waals surface area contributed by atoms with Crippen LogP contribution in [0.15, 0.2) is 54.6 Å². The Bertz CT molecular complexity index is 822. The molecule has 2 aromatic rings. The molecule has 6 nitrogen and oxygen atoms in total. The first-order chi connectivity index (χ1) is 12.7. The van der Waals surface area contributed by atoms with Gasteiger partial charge in [-0.1, -0.05) is 36.4 Å². The summed E-state index contributed by atoms with van der Waals surface area (Å²) in [6.45, 7) is 1.97. The molecule has 0 aromatic heterocycles. The molecular weight excluding hydrogens is 330 g/mol. The molecule has 0 spiro atoms. The fraction of sp³-hybridized carbons (Fsp3) is 0.250. The highest BCUT2D eigenvalue weighted by molar-refractivity contribution is 5.94. The van der Waals surface area contributed by atoms with Gasteiger partial charge in [-0.25, -0.2) is 4.79 Å². The van der Waals surface area contributed by atoms with E-state index in [1.165, 1.54) is 0 Å². The summed E-state index contributed by atoms with van der Waals surface area (Å²) in [4.78, 5) is 28.0. The number of nitrogens with zero attached hydrogens (tertiary/aromatic N) is 3. The van der Waals surface area contributed by atoms with Crippen LogP contribution in [0, 0.1) is 11.3 Å². The first-order valence-electron chi connectivity index (χ1n) is 8.42. The predicted molar refractivity (Wildman–Crippen MR) is 95.3 cm³/mol. The van der Waals surface area contributed by atoms with Crippen LogP contribution in [-0.4, -0.2) is 48.0 Å². The van der Waals surface area contributed by atoms with Crippen molar-refractivity contribution >= 4 is 12.0 Å². The van der Waals surface area contributed by atoms with Crippen LogP contribution in [-0.2, 0) is 11.3 Å². The van der Waals surface area contributed by atoms with E-state index in [1.54, 1.807) is 34.1 Å². The van der Waals surface area contributed by atoms with E-state index in [4.69, 9.17) is 10.00 Å². The summed E-state index contributed by atoms with van der Waals surface area (Å²) in [7, 11) is 0. The van der Waals surface area contributed by atoms with Gasteiger partial charge < -0.3 is 14.5 Å². The van der Waals surface area contributed by atoms with E-state index in [9.17, 15) is 9.59 Å².